The van der Waals surface area contributed by atoms with Crippen molar-refractivity contribution in [3.8, 4) is 0 Å². The lowest BCUT2D eigenvalue weighted by Gasteiger charge is -1.97. The van der Waals surface area contributed by atoms with Crippen LogP contribution in [0.2, 0.25) is 0 Å². The number of aromatic amines is 1. The zero-order valence-electron chi connectivity index (χ0n) is 9.50. The number of benzene rings is 1. The largest absolute Gasteiger partial charge is 0.368 e. The molecule has 0 atom stereocenters. The van der Waals surface area contributed by atoms with Gasteiger partial charge in [-0.25, -0.2) is 0 Å². The smallest absolute Gasteiger partial charge is 0.294 e. The molecular formula is C12H15NO3S. The molecule has 0 amide bonds. The van der Waals surface area contributed by atoms with E-state index in [0.29, 0.717) is 0 Å². The molecule has 2 rings (SSSR count). The third-order valence-electron chi connectivity index (χ3n) is 2.13. The summed E-state index contributed by atoms with van der Waals surface area (Å²) >= 11 is 0. The molecule has 0 fully saturated rings. The highest BCUT2D eigenvalue weighted by Gasteiger charge is 2.07. The Morgan fingerprint density at radius 1 is 1.12 bits per heavy atom. The molecule has 0 spiro atoms. The lowest BCUT2D eigenvalue weighted by atomic mass is 10.2. The first-order chi connectivity index (χ1) is 8.04. The van der Waals surface area contributed by atoms with Crippen LogP contribution in [0.4, 0.5) is 0 Å². The molecule has 5 heteroatoms. The van der Waals surface area contributed by atoms with Gasteiger partial charge in [-0.3, -0.25) is 4.55 Å². The van der Waals surface area contributed by atoms with Gasteiger partial charge in [0.2, 0.25) is 0 Å². The Morgan fingerprint density at radius 3 is 1.94 bits per heavy atom. The van der Waals surface area contributed by atoms with Crippen molar-refractivity contribution in [1.82, 2.24) is 4.98 Å². The molecule has 0 bridgehead atoms. The molecule has 4 nitrogen and oxygen atoms in total. The summed E-state index contributed by atoms with van der Waals surface area (Å²) in [4.78, 5) is 2.81. The summed E-state index contributed by atoms with van der Waals surface area (Å²) in [5.41, 5.74) is 1.04. The molecule has 1 heterocycles. The van der Waals surface area contributed by atoms with Gasteiger partial charge < -0.3 is 4.98 Å². The molecule has 2 N–H and O–H groups in total. The Morgan fingerprint density at radius 2 is 1.65 bits per heavy atom. The number of nitrogens with one attached hydrogen (secondary N) is 1. The van der Waals surface area contributed by atoms with Gasteiger partial charge in [-0.1, -0.05) is 19.1 Å². The molecule has 0 saturated heterocycles. The van der Waals surface area contributed by atoms with Crippen LogP contribution in [0.5, 0.6) is 0 Å². The average Bonchev–Trinajstić information content (AvgIpc) is 2.86. The van der Waals surface area contributed by atoms with E-state index in [1.165, 1.54) is 12.1 Å². The molecule has 0 aliphatic carbocycles. The number of hydrogen-bond donors (Lipinski definition) is 2. The van der Waals surface area contributed by atoms with E-state index in [-0.39, 0.29) is 4.90 Å². The summed E-state index contributed by atoms with van der Waals surface area (Å²) in [7, 11) is -4.03. The third-order valence-corrected chi connectivity index (χ3v) is 2.99. The Kier molecular flexibility index (Phi) is 4.93. The van der Waals surface area contributed by atoms with Gasteiger partial charge in [0, 0.05) is 12.4 Å². The standard InChI is InChI=1S/C8H10O3S.C4H5N/c1-2-7-3-5-8(6-4-7)12(9,10)11;1-2-4-5-3-1/h3-6H,2H2,1H3,(H,9,10,11);1-5H. The minimum absolute atomic E-state index is 0.0558. The molecule has 0 saturated carbocycles. The van der Waals surface area contributed by atoms with Crippen LogP contribution in [0, 0.1) is 0 Å². The van der Waals surface area contributed by atoms with Gasteiger partial charge in [0.15, 0.2) is 0 Å². The summed E-state index contributed by atoms with van der Waals surface area (Å²) in [6, 6.07) is 10.1. The number of rotatable bonds is 2. The predicted molar refractivity (Wildman–Crippen MR) is 66.4 cm³/mol. The summed E-state index contributed by atoms with van der Waals surface area (Å²) in [5, 5.41) is 0. The number of aryl methyl sites for hydroxylation is 1. The second-order valence-corrected chi connectivity index (χ2v) is 4.78. The van der Waals surface area contributed by atoms with Crippen molar-refractivity contribution in [2.75, 3.05) is 0 Å². The van der Waals surface area contributed by atoms with Crippen molar-refractivity contribution in [1.29, 1.82) is 0 Å². The van der Waals surface area contributed by atoms with Crippen LogP contribution in [0.15, 0.2) is 53.7 Å². The van der Waals surface area contributed by atoms with Crippen LogP contribution in [0.3, 0.4) is 0 Å². The normalized spacial score (nSPS) is 10.5. The van der Waals surface area contributed by atoms with Crippen LogP contribution in [0.1, 0.15) is 12.5 Å². The Bertz CT molecular complexity index is 498. The van der Waals surface area contributed by atoms with Crippen molar-refractivity contribution >= 4 is 10.1 Å². The minimum Gasteiger partial charge on any atom is -0.368 e. The average molecular weight is 253 g/mol. The maximum Gasteiger partial charge on any atom is 0.294 e. The van der Waals surface area contributed by atoms with E-state index in [1.807, 2.05) is 31.5 Å². The van der Waals surface area contributed by atoms with Crippen molar-refractivity contribution in [2.45, 2.75) is 18.2 Å². The van der Waals surface area contributed by atoms with E-state index in [0.717, 1.165) is 12.0 Å². The molecule has 1 aromatic heterocycles. The highest BCUT2D eigenvalue weighted by molar-refractivity contribution is 7.85. The molecule has 0 aliphatic heterocycles. The van der Waals surface area contributed by atoms with Gasteiger partial charge in [-0.05, 0) is 36.2 Å². The molecule has 1 aromatic carbocycles. The van der Waals surface area contributed by atoms with Gasteiger partial charge >= 0.3 is 0 Å². The lowest BCUT2D eigenvalue weighted by molar-refractivity contribution is 0.483. The zero-order valence-corrected chi connectivity index (χ0v) is 10.3. The lowest BCUT2D eigenvalue weighted by Crippen LogP contribution is -1.97. The first-order valence-corrected chi connectivity index (χ1v) is 6.62. The quantitative estimate of drug-likeness (QED) is 0.808. The fourth-order valence-corrected chi connectivity index (χ4v) is 1.65. The summed E-state index contributed by atoms with van der Waals surface area (Å²) in [5.74, 6) is 0. The van der Waals surface area contributed by atoms with Gasteiger partial charge in [0.25, 0.3) is 10.1 Å². The highest BCUT2D eigenvalue weighted by Crippen LogP contribution is 2.09. The maximum absolute atomic E-state index is 10.6. The maximum atomic E-state index is 10.6. The van der Waals surface area contributed by atoms with Gasteiger partial charge in [0.05, 0.1) is 4.90 Å². The van der Waals surface area contributed by atoms with Crippen LogP contribution in [-0.4, -0.2) is 18.0 Å². The molecule has 0 unspecified atom stereocenters. The molecule has 0 radical (unpaired) electrons. The molecule has 17 heavy (non-hydrogen) atoms. The highest BCUT2D eigenvalue weighted by atomic mass is 32.2. The van der Waals surface area contributed by atoms with Crippen molar-refractivity contribution in [3.05, 3.63) is 54.4 Å². The molecule has 92 valence electrons. The Labute approximate surface area is 101 Å². The number of H-pyrrole nitrogens is 1. The third kappa shape index (κ3) is 4.84. The van der Waals surface area contributed by atoms with E-state index in [1.54, 1.807) is 12.1 Å². The molecule has 0 aliphatic rings. The van der Waals surface area contributed by atoms with Gasteiger partial charge in [-0.15, -0.1) is 0 Å². The van der Waals surface area contributed by atoms with Crippen molar-refractivity contribution < 1.29 is 13.0 Å². The predicted octanol–water partition coefficient (Wildman–Crippen LogP) is 2.51. The van der Waals surface area contributed by atoms with Crippen LogP contribution < -0.4 is 0 Å². The SMILES string of the molecule is CCc1ccc(S(=O)(=O)O)cc1.c1cc[nH]c1. The van der Waals surface area contributed by atoms with Crippen LogP contribution >= 0.6 is 0 Å². The van der Waals surface area contributed by atoms with Gasteiger partial charge in [-0.2, -0.15) is 8.42 Å². The Balaban J connectivity index is 0.000000239. The first-order valence-electron chi connectivity index (χ1n) is 5.18. The van der Waals surface area contributed by atoms with Crippen LogP contribution in [0.25, 0.3) is 0 Å². The van der Waals surface area contributed by atoms with Gasteiger partial charge in [0.1, 0.15) is 0 Å². The fourth-order valence-electron chi connectivity index (χ4n) is 1.17. The monoisotopic (exact) mass is 253 g/mol. The van der Waals surface area contributed by atoms with E-state index < -0.39 is 10.1 Å². The van der Waals surface area contributed by atoms with Crippen molar-refractivity contribution in [2.24, 2.45) is 0 Å². The molecular weight excluding hydrogens is 238 g/mol. The zero-order chi connectivity index (χ0) is 12.7. The summed E-state index contributed by atoms with van der Waals surface area (Å²) < 4.78 is 29.8. The van der Waals surface area contributed by atoms with E-state index in [9.17, 15) is 8.42 Å². The summed E-state index contributed by atoms with van der Waals surface area (Å²) in [6.45, 7) is 1.97. The second-order valence-electron chi connectivity index (χ2n) is 3.36. The summed E-state index contributed by atoms with van der Waals surface area (Å²) in [6.07, 6.45) is 4.60. The first kappa shape index (κ1) is 13.5. The second kappa shape index (κ2) is 6.22. The van der Waals surface area contributed by atoms with E-state index in [2.05, 4.69) is 4.98 Å². The fraction of sp³-hybridized carbons (Fsp3) is 0.167. The van der Waals surface area contributed by atoms with Crippen LogP contribution in [-0.2, 0) is 16.5 Å². The molecule has 2 aromatic rings. The minimum atomic E-state index is -4.03. The van der Waals surface area contributed by atoms with Crippen molar-refractivity contribution in [3.63, 3.8) is 0 Å². The van der Waals surface area contributed by atoms with E-state index in [4.69, 9.17) is 4.55 Å². The Hall–Kier alpha value is -1.59. The van der Waals surface area contributed by atoms with E-state index >= 15 is 0 Å². The number of aromatic nitrogens is 1. The number of hydrogen-bond acceptors (Lipinski definition) is 2. The topological polar surface area (TPSA) is 70.2 Å².